The first kappa shape index (κ1) is 13.8. The number of thiophene rings is 1. The summed E-state index contributed by atoms with van der Waals surface area (Å²) in [7, 11) is 0. The molecule has 6 nitrogen and oxygen atoms in total. The van der Waals surface area contributed by atoms with Crippen molar-refractivity contribution in [2.45, 2.75) is 19.9 Å². The van der Waals surface area contributed by atoms with Crippen molar-refractivity contribution in [3.63, 3.8) is 0 Å². The molecule has 3 heterocycles. The Labute approximate surface area is 125 Å². The van der Waals surface area contributed by atoms with Crippen molar-refractivity contribution in [3.05, 3.63) is 39.4 Å². The third-order valence-electron chi connectivity index (χ3n) is 3.32. The van der Waals surface area contributed by atoms with Gasteiger partial charge in [-0.2, -0.15) is 0 Å². The Morgan fingerprint density at radius 3 is 3.14 bits per heavy atom. The van der Waals surface area contributed by atoms with Gasteiger partial charge in [0.1, 0.15) is 0 Å². The van der Waals surface area contributed by atoms with E-state index in [-0.39, 0.29) is 18.3 Å². The molecule has 0 bridgehead atoms. The van der Waals surface area contributed by atoms with Gasteiger partial charge >= 0.3 is 5.97 Å². The standard InChI is InChI=1S/C14H14N2O4S/c1-9-6-11(20-15-9)14(18)19-8-13(17)16-4-2-12-10(7-16)3-5-21-12/h3,5-6H,2,4,7-8H2,1H3. The molecule has 0 saturated heterocycles. The van der Waals surface area contributed by atoms with Crippen LogP contribution in [0.1, 0.15) is 26.7 Å². The first-order chi connectivity index (χ1) is 10.1. The molecule has 7 heteroatoms. The number of aromatic nitrogens is 1. The lowest BCUT2D eigenvalue weighted by atomic mass is 10.1. The summed E-state index contributed by atoms with van der Waals surface area (Å²) >= 11 is 1.71. The van der Waals surface area contributed by atoms with Crippen LogP contribution in [0.2, 0.25) is 0 Å². The van der Waals surface area contributed by atoms with Crippen LogP contribution in [0.15, 0.2) is 22.0 Å². The normalized spacial score (nSPS) is 13.9. The van der Waals surface area contributed by atoms with E-state index in [1.807, 2.05) is 11.4 Å². The van der Waals surface area contributed by atoms with E-state index in [1.165, 1.54) is 16.5 Å². The summed E-state index contributed by atoms with van der Waals surface area (Å²) in [5, 5.41) is 5.64. The quantitative estimate of drug-likeness (QED) is 0.808. The van der Waals surface area contributed by atoms with Gasteiger partial charge in [-0.1, -0.05) is 5.16 Å². The van der Waals surface area contributed by atoms with Gasteiger partial charge in [0.2, 0.25) is 5.76 Å². The van der Waals surface area contributed by atoms with E-state index in [9.17, 15) is 9.59 Å². The molecule has 0 fully saturated rings. The maximum absolute atomic E-state index is 12.1. The predicted octanol–water partition coefficient (Wildman–Crippen LogP) is 1.79. The molecule has 110 valence electrons. The third kappa shape index (κ3) is 2.97. The molecule has 0 radical (unpaired) electrons. The van der Waals surface area contributed by atoms with Crippen molar-refractivity contribution in [2.75, 3.05) is 13.2 Å². The molecule has 1 amide bonds. The van der Waals surface area contributed by atoms with Crippen molar-refractivity contribution >= 4 is 23.2 Å². The summed E-state index contributed by atoms with van der Waals surface area (Å²) in [6.07, 6.45) is 0.855. The summed E-state index contributed by atoms with van der Waals surface area (Å²) < 4.78 is 9.76. The van der Waals surface area contributed by atoms with Gasteiger partial charge in [-0.3, -0.25) is 4.79 Å². The Bertz CT molecular complexity index is 676. The number of ether oxygens (including phenoxy) is 1. The molecule has 2 aromatic rings. The Kier molecular flexibility index (Phi) is 3.74. The number of aryl methyl sites for hydroxylation is 1. The minimum Gasteiger partial charge on any atom is -0.450 e. The second kappa shape index (κ2) is 5.69. The molecule has 0 unspecified atom stereocenters. The fraction of sp³-hybridized carbons (Fsp3) is 0.357. The van der Waals surface area contributed by atoms with E-state index in [4.69, 9.17) is 9.26 Å². The highest BCUT2D eigenvalue weighted by Gasteiger charge is 2.23. The van der Waals surface area contributed by atoms with Crippen molar-refractivity contribution in [2.24, 2.45) is 0 Å². The number of rotatable bonds is 3. The summed E-state index contributed by atoms with van der Waals surface area (Å²) in [6, 6.07) is 3.51. The van der Waals surface area contributed by atoms with Crippen LogP contribution in [0.4, 0.5) is 0 Å². The summed E-state index contributed by atoms with van der Waals surface area (Å²) in [4.78, 5) is 26.8. The smallest absolute Gasteiger partial charge is 0.377 e. The molecule has 0 spiro atoms. The van der Waals surface area contributed by atoms with E-state index >= 15 is 0 Å². The molecule has 0 saturated carbocycles. The number of hydrogen-bond acceptors (Lipinski definition) is 6. The van der Waals surface area contributed by atoms with Gasteiger partial charge in [0.25, 0.3) is 5.91 Å². The highest BCUT2D eigenvalue weighted by atomic mass is 32.1. The van der Waals surface area contributed by atoms with Gasteiger partial charge < -0.3 is 14.2 Å². The molecule has 2 aromatic heterocycles. The number of hydrogen-bond donors (Lipinski definition) is 0. The van der Waals surface area contributed by atoms with Gasteiger partial charge in [-0.05, 0) is 30.4 Å². The lowest BCUT2D eigenvalue weighted by Crippen LogP contribution is -2.38. The van der Waals surface area contributed by atoms with Gasteiger partial charge in [0, 0.05) is 24.0 Å². The van der Waals surface area contributed by atoms with Gasteiger partial charge in [0.05, 0.1) is 5.69 Å². The number of amides is 1. The van der Waals surface area contributed by atoms with Crippen molar-refractivity contribution < 1.29 is 18.8 Å². The predicted molar refractivity (Wildman–Crippen MR) is 75.0 cm³/mol. The molecule has 21 heavy (non-hydrogen) atoms. The average molecular weight is 306 g/mol. The molecule has 0 aliphatic carbocycles. The van der Waals surface area contributed by atoms with Gasteiger partial charge in [-0.25, -0.2) is 4.79 Å². The number of carbonyl (C=O) groups is 2. The van der Waals surface area contributed by atoms with Crippen molar-refractivity contribution in [3.8, 4) is 0 Å². The van der Waals surface area contributed by atoms with Crippen molar-refractivity contribution in [1.82, 2.24) is 10.1 Å². The largest absolute Gasteiger partial charge is 0.450 e. The second-order valence-corrected chi connectivity index (χ2v) is 5.84. The monoisotopic (exact) mass is 306 g/mol. The van der Waals surface area contributed by atoms with Crippen LogP contribution < -0.4 is 0 Å². The van der Waals surface area contributed by atoms with Crippen LogP contribution in [-0.4, -0.2) is 35.1 Å². The fourth-order valence-corrected chi connectivity index (χ4v) is 3.10. The lowest BCUT2D eigenvalue weighted by molar-refractivity contribution is -0.135. The summed E-state index contributed by atoms with van der Waals surface area (Å²) in [5.74, 6) is -0.854. The van der Waals surface area contributed by atoms with Crippen LogP contribution in [0.25, 0.3) is 0 Å². The zero-order chi connectivity index (χ0) is 14.8. The average Bonchev–Trinajstić information content (AvgIpc) is 3.12. The zero-order valence-corrected chi connectivity index (χ0v) is 12.3. The molecule has 3 rings (SSSR count). The zero-order valence-electron chi connectivity index (χ0n) is 11.5. The Balaban J connectivity index is 1.54. The first-order valence-corrected chi connectivity index (χ1v) is 7.45. The molecule has 0 atom stereocenters. The lowest BCUT2D eigenvalue weighted by Gasteiger charge is -2.26. The minimum absolute atomic E-state index is 0.0130. The van der Waals surface area contributed by atoms with E-state index in [2.05, 4.69) is 5.16 Å². The molecule has 1 aliphatic heterocycles. The van der Waals surface area contributed by atoms with E-state index in [1.54, 1.807) is 23.2 Å². The number of carbonyl (C=O) groups excluding carboxylic acids is 2. The van der Waals surface area contributed by atoms with Crippen LogP contribution in [-0.2, 0) is 22.5 Å². The van der Waals surface area contributed by atoms with Gasteiger partial charge in [-0.15, -0.1) is 11.3 Å². The number of nitrogens with zero attached hydrogens (tertiary/aromatic N) is 2. The molecule has 0 aromatic carbocycles. The van der Waals surface area contributed by atoms with E-state index < -0.39 is 5.97 Å². The van der Waals surface area contributed by atoms with Crippen LogP contribution >= 0.6 is 11.3 Å². The van der Waals surface area contributed by atoms with Crippen LogP contribution in [0.3, 0.4) is 0 Å². The Morgan fingerprint density at radius 2 is 2.38 bits per heavy atom. The summed E-state index contributed by atoms with van der Waals surface area (Å²) in [6.45, 7) is 2.66. The number of esters is 1. The topological polar surface area (TPSA) is 72.6 Å². The number of fused-ring (bicyclic) bond motifs is 1. The van der Waals surface area contributed by atoms with E-state index in [0.717, 1.165) is 6.42 Å². The van der Waals surface area contributed by atoms with E-state index in [0.29, 0.717) is 18.8 Å². The molecule has 0 N–H and O–H groups in total. The Hall–Kier alpha value is -2.15. The SMILES string of the molecule is Cc1cc(C(=O)OCC(=O)N2CCc3sccc3C2)on1. The second-order valence-electron chi connectivity index (χ2n) is 4.84. The fourth-order valence-electron chi connectivity index (χ4n) is 2.21. The summed E-state index contributed by atoms with van der Waals surface area (Å²) in [5.41, 5.74) is 1.77. The first-order valence-electron chi connectivity index (χ1n) is 6.57. The minimum atomic E-state index is -0.669. The highest BCUT2D eigenvalue weighted by molar-refractivity contribution is 7.10. The van der Waals surface area contributed by atoms with Crippen molar-refractivity contribution in [1.29, 1.82) is 0 Å². The van der Waals surface area contributed by atoms with Gasteiger partial charge in [0.15, 0.2) is 6.61 Å². The maximum atomic E-state index is 12.1. The highest BCUT2D eigenvalue weighted by Crippen LogP contribution is 2.23. The Morgan fingerprint density at radius 1 is 1.52 bits per heavy atom. The molecular formula is C14H14N2O4S. The molecular weight excluding hydrogens is 292 g/mol. The van der Waals surface area contributed by atoms with Crippen LogP contribution in [0, 0.1) is 6.92 Å². The third-order valence-corrected chi connectivity index (χ3v) is 4.34. The molecule has 1 aliphatic rings. The van der Waals surface area contributed by atoms with Crippen LogP contribution in [0.5, 0.6) is 0 Å². The maximum Gasteiger partial charge on any atom is 0.377 e.